The first-order chi connectivity index (χ1) is 5.54. The minimum absolute atomic E-state index is 0.923. The van der Waals surface area contributed by atoms with Crippen molar-refractivity contribution in [1.82, 2.24) is 4.98 Å². The molecule has 1 rings (SSSR count). The zero-order valence-corrected chi connectivity index (χ0v) is 10.9. The van der Waals surface area contributed by atoms with E-state index in [0.717, 1.165) is 5.75 Å². The van der Waals surface area contributed by atoms with Crippen molar-refractivity contribution in [3.05, 3.63) is 18.3 Å². The second-order valence-corrected chi connectivity index (χ2v) is 18.1. The fourth-order valence-electron chi connectivity index (χ4n) is 0.948. The summed E-state index contributed by atoms with van der Waals surface area (Å²) in [6.45, 7) is 0. The third-order valence-electron chi connectivity index (χ3n) is 1.74. The van der Waals surface area contributed by atoms with Crippen LogP contribution in [0.2, 0.25) is 14.8 Å². The summed E-state index contributed by atoms with van der Waals surface area (Å²) in [5, 5.41) is 0. The summed E-state index contributed by atoms with van der Waals surface area (Å²) in [5.74, 6) is 0.923. The van der Waals surface area contributed by atoms with Gasteiger partial charge in [0.15, 0.2) is 0 Å². The van der Waals surface area contributed by atoms with Crippen molar-refractivity contribution in [3.63, 3.8) is 0 Å². The van der Waals surface area contributed by atoms with Crippen molar-refractivity contribution in [2.75, 3.05) is 7.11 Å². The molecule has 0 aliphatic rings. The first-order valence-electron chi connectivity index (χ1n) is 4.04. The number of nitrogens with zero attached hydrogens (tertiary/aromatic N) is 1. The van der Waals surface area contributed by atoms with Crippen LogP contribution in [0.4, 0.5) is 0 Å². The molecule has 12 heavy (non-hydrogen) atoms. The molecule has 0 atom stereocenters. The molecule has 0 saturated heterocycles. The first-order valence-corrected chi connectivity index (χ1v) is 14.0. The summed E-state index contributed by atoms with van der Waals surface area (Å²) in [6, 6.07) is 3.96. The van der Waals surface area contributed by atoms with Gasteiger partial charge in [-0.2, -0.15) is 0 Å². The van der Waals surface area contributed by atoms with Crippen LogP contribution in [0, 0.1) is 0 Å². The molecular formula is C9H15NOSn. The number of methoxy groups -OCH3 is 1. The van der Waals surface area contributed by atoms with Crippen LogP contribution in [-0.2, 0) is 0 Å². The Morgan fingerprint density at radius 1 is 1.33 bits per heavy atom. The van der Waals surface area contributed by atoms with Crippen LogP contribution in [0.1, 0.15) is 0 Å². The molecular weight excluding hydrogens is 257 g/mol. The van der Waals surface area contributed by atoms with E-state index in [-0.39, 0.29) is 0 Å². The summed E-state index contributed by atoms with van der Waals surface area (Å²) in [6.07, 6.45) is 1.83. The second-order valence-electron chi connectivity index (χ2n) is 3.83. The van der Waals surface area contributed by atoms with E-state index in [1.54, 1.807) is 7.11 Å². The Bertz CT molecular complexity index is 267. The number of hydrogen-bond acceptors (Lipinski definition) is 2. The van der Waals surface area contributed by atoms with Gasteiger partial charge in [0.2, 0.25) is 0 Å². The van der Waals surface area contributed by atoms with E-state index in [4.69, 9.17) is 4.74 Å². The average Bonchev–Trinajstić information content (AvgIpc) is 2.03. The van der Waals surface area contributed by atoms with E-state index in [1.165, 1.54) is 3.71 Å². The molecule has 2 nitrogen and oxygen atoms in total. The van der Waals surface area contributed by atoms with E-state index >= 15 is 0 Å². The Labute approximate surface area is 77.8 Å². The normalized spacial score (nSPS) is 11.3. The monoisotopic (exact) mass is 273 g/mol. The zero-order chi connectivity index (χ0) is 9.19. The summed E-state index contributed by atoms with van der Waals surface area (Å²) >= 11 is -1.97. The fraction of sp³-hybridized carbons (Fsp3) is 0.444. The molecule has 0 saturated carbocycles. The number of aromatic nitrogens is 1. The molecule has 1 aromatic rings. The summed E-state index contributed by atoms with van der Waals surface area (Å²) in [4.78, 5) is 11.4. The predicted octanol–water partition coefficient (Wildman–Crippen LogP) is 1.64. The number of hydrogen-bond donors (Lipinski definition) is 0. The molecule has 0 aromatic carbocycles. The Kier molecular flexibility index (Phi) is 2.98. The van der Waals surface area contributed by atoms with Gasteiger partial charge in [-0.15, -0.1) is 0 Å². The van der Waals surface area contributed by atoms with Crippen LogP contribution < -0.4 is 8.45 Å². The molecule has 0 aliphatic heterocycles. The summed E-state index contributed by atoms with van der Waals surface area (Å²) < 4.78 is 6.41. The van der Waals surface area contributed by atoms with Gasteiger partial charge in [-0.3, -0.25) is 0 Å². The molecule has 0 bridgehead atoms. The van der Waals surface area contributed by atoms with Gasteiger partial charge in [0, 0.05) is 0 Å². The van der Waals surface area contributed by atoms with Crippen molar-refractivity contribution < 1.29 is 4.74 Å². The number of pyridine rings is 1. The van der Waals surface area contributed by atoms with Crippen LogP contribution in [0.15, 0.2) is 18.3 Å². The van der Waals surface area contributed by atoms with Gasteiger partial charge in [0.25, 0.3) is 0 Å². The van der Waals surface area contributed by atoms with Gasteiger partial charge >= 0.3 is 77.8 Å². The number of rotatable bonds is 2. The SMILES string of the molecule is COc1ccn[c]([Sn]([CH3])([CH3])[CH3])c1. The molecule has 3 heteroatoms. The van der Waals surface area contributed by atoms with E-state index in [2.05, 4.69) is 25.9 Å². The Hall–Kier alpha value is -0.251. The Morgan fingerprint density at radius 3 is 2.50 bits per heavy atom. The zero-order valence-electron chi connectivity index (χ0n) is 8.09. The van der Waals surface area contributed by atoms with Crippen LogP contribution in [0.25, 0.3) is 0 Å². The maximum atomic E-state index is 5.14. The van der Waals surface area contributed by atoms with Crippen molar-refractivity contribution in [3.8, 4) is 5.75 Å². The molecule has 1 aromatic heterocycles. The van der Waals surface area contributed by atoms with Crippen molar-refractivity contribution in [2.45, 2.75) is 14.8 Å². The minimum atomic E-state index is -1.97. The van der Waals surface area contributed by atoms with Crippen molar-refractivity contribution >= 4 is 22.1 Å². The third kappa shape index (κ3) is 2.37. The average molecular weight is 272 g/mol. The van der Waals surface area contributed by atoms with Crippen molar-refractivity contribution in [1.29, 1.82) is 0 Å². The molecule has 0 radical (unpaired) electrons. The summed E-state index contributed by atoms with van der Waals surface area (Å²) in [7, 11) is 1.69. The van der Waals surface area contributed by atoms with Crippen molar-refractivity contribution in [2.24, 2.45) is 0 Å². The van der Waals surface area contributed by atoms with Gasteiger partial charge in [-0.25, -0.2) is 0 Å². The molecule has 0 aliphatic carbocycles. The standard InChI is InChI=1S/C6H6NO.3CH3.Sn/c1-8-6-2-4-7-5-3-6;;;;/h2-4H,1H3;3*1H3;. The summed E-state index contributed by atoms with van der Waals surface area (Å²) in [5.41, 5.74) is 0. The number of ether oxygens (including phenoxy) is 1. The van der Waals surface area contributed by atoms with Crippen LogP contribution in [0.5, 0.6) is 5.75 Å². The molecule has 0 spiro atoms. The molecule has 66 valence electrons. The molecule has 0 unspecified atom stereocenters. The molecule has 0 N–H and O–H groups in total. The maximum absolute atomic E-state index is 5.14. The van der Waals surface area contributed by atoms with E-state index in [0.29, 0.717) is 0 Å². The molecule has 0 fully saturated rings. The molecule has 0 amide bonds. The van der Waals surface area contributed by atoms with E-state index < -0.39 is 18.4 Å². The Balaban J connectivity index is 3.02. The quantitative estimate of drug-likeness (QED) is 0.763. The second kappa shape index (κ2) is 3.64. The van der Waals surface area contributed by atoms with Gasteiger partial charge in [0.1, 0.15) is 0 Å². The fourth-order valence-corrected chi connectivity index (χ4v) is 3.91. The van der Waals surface area contributed by atoms with Crippen LogP contribution in [0.3, 0.4) is 0 Å². The third-order valence-corrected chi connectivity index (χ3v) is 6.90. The topological polar surface area (TPSA) is 22.1 Å². The van der Waals surface area contributed by atoms with E-state index in [1.807, 2.05) is 12.3 Å². The predicted molar refractivity (Wildman–Crippen MR) is 53.8 cm³/mol. The first kappa shape index (κ1) is 9.83. The Morgan fingerprint density at radius 2 is 2.00 bits per heavy atom. The molecule has 1 heterocycles. The van der Waals surface area contributed by atoms with E-state index in [9.17, 15) is 0 Å². The van der Waals surface area contributed by atoms with Gasteiger partial charge in [-0.1, -0.05) is 0 Å². The van der Waals surface area contributed by atoms with Gasteiger partial charge in [-0.05, 0) is 0 Å². The van der Waals surface area contributed by atoms with Gasteiger partial charge < -0.3 is 0 Å². The van der Waals surface area contributed by atoms with Crippen LogP contribution in [-0.4, -0.2) is 30.5 Å². The van der Waals surface area contributed by atoms with Crippen LogP contribution >= 0.6 is 0 Å². The van der Waals surface area contributed by atoms with Gasteiger partial charge in [0.05, 0.1) is 0 Å².